The third kappa shape index (κ3) is 2.94. The van der Waals surface area contributed by atoms with Gasteiger partial charge in [-0.2, -0.15) is 0 Å². The van der Waals surface area contributed by atoms with Crippen LogP contribution in [0.3, 0.4) is 0 Å². The van der Waals surface area contributed by atoms with Gasteiger partial charge < -0.3 is 4.90 Å². The highest BCUT2D eigenvalue weighted by Crippen LogP contribution is 2.31. The van der Waals surface area contributed by atoms with E-state index < -0.39 is 15.8 Å². The zero-order valence-corrected chi connectivity index (χ0v) is 13.1. The van der Waals surface area contributed by atoms with E-state index in [-0.39, 0.29) is 27.5 Å². The van der Waals surface area contributed by atoms with Gasteiger partial charge in [-0.05, 0) is 51.3 Å². The average Bonchev–Trinajstić information content (AvgIpc) is 2.69. The minimum absolute atomic E-state index is 0.0500. The smallest absolute Gasteiger partial charge is 0.254 e. The number of nitrogens with two attached hydrogens (primary N) is 1. The number of hydrogen-bond donors (Lipinski definition) is 1. The van der Waals surface area contributed by atoms with E-state index in [1.165, 1.54) is 6.92 Å². The summed E-state index contributed by atoms with van der Waals surface area (Å²) in [4.78, 5) is 13.9. The number of halogens is 1. The van der Waals surface area contributed by atoms with E-state index in [1.54, 1.807) is 4.90 Å². The second-order valence-electron chi connectivity index (χ2n) is 5.99. The minimum Gasteiger partial charge on any atom is -0.334 e. The van der Waals surface area contributed by atoms with Crippen molar-refractivity contribution in [3.63, 3.8) is 0 Å². The lowest BCUT2D eigenvalue weighted by atomic mass is 10.00. The van der Waals surface area contributed by atoms with Crippen molar-refractivity contribution >= 4 is 15.9 Å². The van der Waals surface area contributed by atoms with Crippen LogP contribution in [-0.2, 0) is 10.0 Å². The van der Waals surface area contributed by atoms with Crippen molar-refractivity contribution in [2.24, 2.45) is 5.14 Å². The van der Waals surface area contributed by atoms with E-state index in [0.29, 0.717) is 6.54 Å². The van der Waals surface area contributed by atoms with Crippen LogP contribution in [0.25, 0.3) is 0 Å². The van der Waals surface area contributed by atoms with Crippen LogP contribution >= 0.6 is 0 Å². The lowest BCUT2D eigenvalue weighted by Crippen LogP contribution is -2.43. The third-order valence-corrected chi connectivity index (χ3v) is 5.04. The number of carbonyl (C=O) groups is 1. The minimum atomic E-state index is -4.08. The van der Waals surface area contributed by atoms with Gasteiger partial charge >= 0.3 is 0 Å². The van der Waals surface area contributed by atoms with Gasteiger partial charge in [0.2, 0.25) is 10.0 Å². The summed E-state index contributed by atoms with van der Waals surface area (Å²) >= 11 is 0. The van der Waals surface area contributed by atoms with Gasteiger partial charge in [0, 0.05) is 17.6 Å². The summed E-state index contributed by atoms with van der Waals surface area (Å²) in [5.41, 5.74) is -0.0852. The van der Waals surface area contributed by atoms with Gasteiger partial charge in [0.25, 0.3) is 5.91 Å². The molecule has 1 aliphatic rings. The van der Waals surface area contributed by atoms with Crippen LogP contribution in [0.1, 0.15) is 42.6 Å². The van der Waals surface area contributed by atoms with Crippen LogP contribution in [-0.4, -0.2) is 31.3 Å². The fourth-order valence-electron chi connectivity index (χ4n) is 2.80. The van der Waals surface area contributed by atoms with Crippen molar-refractivity contribution < 1.29 is 17.6 Å². The molecule has 0 bridgehead atoms. The molecule has 1 aliphatic heterocycles. The first kappa shape index (κ1) is 15.9. The molecule has 0 aliphatic carbocycles. The Morgan fingerprint density at radius 2 is 2.00 bits per heavy atom. The van der Waals surface area contributed by atoms with Gasteiger partial charge in [0.1, 0.15) is 5.82 Å². The Labute approximate surface area is 124 Å². The van der Waals surface area contributed by atoms with E-state index >= 15 is 0 Å². The van der Waals surface area contributed by atoms with Gasteiger partial charge in [0.05, 0.1) is 4.90 Å². The molecule has 1 aromatic rings. The van der Waals surface area contributed by atoms with Crippen molar-refractivity contribution in [3.05, 3.63) is 29.1 Å². The molecule has 7 heteroatoms. The number of primary sulfonamides is 1. The molecule has 2 rings (SSSR count). The summed E-state index contributed by atoms with van der Waals surface area (Å²) < 4.78 is 36.7. The predicted molar refractivity (Wildman–Crippen MR) is 76.9 cm³/mol. The number of hydrogen-bond acceptors (Lipinski definition) is 3. The zero-order chi connectivity index (χ0) is 16.0. The van der Waals surface area contributed by atoms with Crippen LogP contribution in [0.5, 0.6) is 0 Å². The number of sulfonamides is 1. The summed E-state index contributed by atoms with van der Waals surface area (Å²) in [7, 11) is -4.08. The highest BCUT2D eigenvalue weighted by Gasteiger charge is 2.36. The molecular formula is C14H19FN2O3S. The van der Waals surface area contributed by atoms with Gasteiger partial charge in [-0.3, -0.25) is 4.79 Å². The maximum atomic E-state index is 13.7. The fraction of sp³-hybridized carbons (Fsp3) is 0.500. The number of likely N-dealkylation sites (tertiary alicyclic amines) is 1. The highest BCUT2D eigenvalue weighted by molar-refractivity contribution is 7.89. The zero-order valence-electron chi connectivity index (χ0n) is 12.3. The molecule has 1 heterocycles. The topological polar surface area (TPSA) is 80.5 Å². The molecule has 1 aromatic carbocycles. The number of carbonyl (C=O) groups excluding carboxylic acids is 1. The fourth-order valence-corrected chi connectivity index (χ4v) is 3.61. The van der Waals surface area contributed by atoms with Crippen molar-refractivity contribution in [1.29, 1.82) is 0 Å². The van der Waals surface area contributed by atoms with Gasteiger partial charge in [-0.15, -0.1) is 0 Å². The van der Waals surface area contributed by atoms with Crippen LogP contribution in [0, 0.1) is 12.7 Å². The second kappa shape index (κ2) is 5.06. The maximum absolute atomic E-state index is 13.7. The number of benzene rings is 1. The predicted octanol–water partition coefficient (Wildman–Crippen LogP) is 1.80. The van der Waals surface area contributed by atoms with Gasteiger partial charge in [-0.1, -0.05) is 0 Å². The Morgan fingerprint density at radius 1 is 1.38 bits per heavy atom. The molecular weight excluding hydrogens is 295 g/mol. The van der Waals surface area contributed by atoms with Crippen LogP contribution < -0.4 is 5.14 Å². The monoisotopic (exact) mass is 314 g/mol. The van der Waals surface area contributed by atoms with E-state index in [4.69, 9.17) is 5.14 Å². The van der Waals surface area contributed by atoms with E-state index in [0.717, 1.165) is 25.0 Å². The highest BCUT2D eigenvalue weighted by atomic mass is 32.2. The number of amides is 1. The molecule has 0 aromatic heterocycles. The van der Waals surface area contributed by atoms with Crippen molar-refractivity contribution in [1.82, 2.24) is 4.90 Å². The molecule has 1 saturated heterocycles. The molecule has 0 atom stereocenters. The van der Waals surface area contributed by atoms with Crippen LogP contribution in [0.4, 0.5) is 4.39 Å². The standard InChI is InChI=1S/C14H19FN2O3S/c1-9-11(7-10(15)8-12(9)21(16,19)20)13(18)17-6-4-5-14(17,2)3/h7-8H,4-6H2,1-3H3,(H2,16,19,20). The first-order valence-corrected chi connectivity index (χ1v) is 8.23. The van der Waals surface area contributed by atoms with E-state index in [1.807, 2.05) is 13.8 Å². The molecule has 21 heavy (non-hydrogen) atoms. The number of rotatable bonds is 2. The molecule has 1 amide bonds. The Balaban J connectivity index is 2.55. The van der Waals surface area contributed by atoms with E-state index in [2.05, 4.69) is 0 Å². The SMILES string of the molecule is Cc1c(C(=O)N2CCCC2(C)C)cc(F)cc1S(N)(=O)=O. The first-order valence-electron chi connectivity index (χ1n) is 6.69. The average molecular weight is 314 g/mol. The Hall–Kier alpha value is -1.47. The molecule has 1 fully saturated rings. The van der Waals surface area contributed by atoms with Crippen LogP contribution in [0.2, 0.25) is 0 Å². The summed E-state index contributed by atoms with van der Waals surface area (Å²) in [6.45, 7) is 5.92. The number of nitrogens with zero attached hydrogens (tertiary/aromatic N) is 1. The van der Waals surface area contributed by atoms with Crippen LogP contribution in [0.15, 0.2) is 17.0 Å². The van der Waals surface area contributed by atoms with Gasteiger partial charge in [0.15, 0.2) is 0 Å². The Bertz CT molecular complexity index is 698. The lowest BCUT2D eigenvalue weighted by Gasteiger charge is -2.32. The van der Waals surface area contributed by atoms with Gasteiger partial charge in [-0.25, -0.2) is 17.9 Å². The first-order chi connectivity index (χ1) is 9.54. The van der Waals surface area contributed by atoms with E-state index in [9.17, 15) is 17.6 Å². The third-order valence-electron chi connectivity index (χ3n) is 4.01. The summed E-state index contributed by atoms with van der Waals surface area (Å²) in [6.07, 6.45) is 1.73. The van der Waals surface area contributed by atoms with Crippen molar-refractivity contribution in [3.8, 4) is 0 Å². The summed E-state index contributed by atoms with van der Waals surface area (Å²) in [5, 5.41) is 5.08. The molecule has 0 spiro atoms. The summed E-state index contributed by atoms with van der Waals surface area (Å²) in [5.74, 6) is -1.15. The lowest BCUT2D eigenvalue weighted by molar-refractivity contribution is 0.0650. The molecule has 0 saturated carbocycles. The Kier molecular flexibility index (Phi) is 3.84. The molecule has 116 valence electrons. The van der Waals surface area contributed by atoms with Crippen molar-refractivity contribution in [2.45, 2.75) is 44.0 Å². The normalized spacial score (nSPS) is 18.0. The Morgan fingerprint density at radius 3 is 2.48 bits per heavy atom. The van der Waals surface area contributed by atoms with Crippen molar-refractivity contribution in [2.75, 3.05) is 6.54 Å². The molecule has 0 radical (unpaired) electrons. The second-order valence-corrected chi connectivity index (χ2v) is 7.52. The molecule has 0 unspecified atom stereocenters. The maximum Gasteiger partial charge on any atom is 0.254 e. The molecule has 5 nitrogen and oxygen atoms in total. The molecule has 2 N–H and O–H groups in total. The summed E-state index contributed by atoms with van der Waals surface area (Å²) in [6, 6.07) is 1.91. The quantitative estimate of drug-likeness (QED) is 0.904. The largest absolute Gasteiger partial charge is 0.334 e.